The van der Waals surface area contributed by atoms with E-state index in [1.54, 1.807) is 30.9 Å². The zero-order valence-electron chi connectivity index (χ0n) is 17.6. The van der Waals surface area contributed by atoms with Crippen LogP contribution in [0.25, 0.3) is 0 Å². The second-order valence-electron chi connectivity index (χ2n) is 7.61. The molecule has 1 aliphatic rings. The molecule has 1 heterocycles. The third-order valence-electron chi connectivity index (χ3n) is 4.95. The molecule has 0 aliphatic carbocycles. The van der Waals surface area contributed by atoms with Gasteiger partial charge >= 0.3 is 5.97 Å². The average Bonchev–Trinajstić information content (AvgIpc) is 2.67. The molecule has 0 radical (unpaired) electrons. The van der Waals surface area contributed by atoms with Crippen molar-refractivity contribution in [3.05, 3.63) is 29.3 Å². The van der Waals surface area contributed by atoms with Gasteiger partial charge in [-0.05, 0) is 49.9 Å². The molecule has 2 rings (SSSR count). The summed E-state index contributed by atoms with van der Waals surface area (Å²) in [6, 6.07) is 3.67. The Balaban J connectivity index is 2.10. The fraction of sp³-hybridized carbons (Fsp3) is 0.600. The minimum atomic E-state index is -3.93. The van der Waals surface area contributed by atoms with Crippen LogP contribution < -0.4 is 4.72 Å². The van der Waals surface area contributed by atoms with Gasteiger partial charge in [-0.1, -0.05) is 19.9 Å². The van der Waals surface area contributed by atoms with Gasteiger partial charge in [-0.15, -0.1) is 0 Å². The standard InChI is InChI=1S/C20H30N2O6S/c1-13(2)18(21-29(25,26)17-7-6-14(3)15(4)12-17)20(24)28-16(5)19(23)22-8-10-27-11-9-22/h6-7,12-13,16,18,21H,8-11H2,1-5H3/t16-,18+/m1/s1. The second-order valence-corrected chi connectivity index (χ2v) is 9.32. The highest BCUT2D eigenvalue weighted by atomic mass is 32.2. The van der Waals surface area contributed by atoms with E-state index in [0.717, 1.165) is 11.1 Å². The summed E-state index contributed by atoms with van der Waals surface area (Å²) in [6.07, 6.45) is -1.01. The minimum Gasteiger partial charge on any atom is -0.451 e. The highest BCUT2D eigenvalue weighted by Crippen LogP contribution is 2.17. The number of hydrogen-bond acceptors (Lipinski definition) is 6. The predicted molar refractivity (Wildman–Crippen MR) is 108 cm³/mol. The normalized spacial score (nSPS) is 17.1. The van der Waals surface area contributed by atoms with Gasteiger partial charge in [-0.25, -0.2) is 8.42 Å². The quantitative estimate of drug-likeness (QED) is 0.661. The van der Waals surface area contributed by atoms with Crippen molar-refractivity contribution in [2.24, 2.45) is 5.92 Å². The van der Waals surface area contributed by atoms with Crippen molar-refractivity contribution in [3.63, 3.8) is 0 Å². The second kappa shape index (κ2) is 9.69. The third-order valence-corrected chi connectivity index (χ3v) is 6.39. The Hall–Kier alpha value is -1.97. The molecule has 1 aromatic rings. The zero-order valence-corrected chi connectivity index (χ0v) is 18.4. The number of ether oxygens (including phenoxy) is 2. The lowest BCUT2D eigenvalue weighted by atomic mass is 10.1. The maximum atomic E-state index is 12.8. The summed E-state index contributed by atoms with van der Waals surface area (Å²) < 4.78 is 38.5. The van der Waals surface area contributed by atoms with Crippen molar-refractivity contribution in [1.29, 1.82) is 0 Å². The van der Waals surface area contributed by atoms with Crippen LogP contribution in [0.1, 0.15) is 31.9 Å². The van der Waals surface area contributed by atoms with Gasteiger partial charge in [-0.3, -0.25) is 9.59 Å². The molecule has 2 atom stereocenters. The molecule has 1 fully saturated rings. The summed E-state index contributed by atoms with van der Waals surface area (Å²) in [5.41, 5.74) is 1.81. The lowest BCUT2D eigenvalue weighted by molar-refractivity contribution is -0.162. The average molecular weight is 427 g/mol. The highest BCUT2D eigenvalue weighted by Gasteiger charge is 2.33. The van der Waals surface area contributed by atoms with Crippen molar-refractivity contribution in [1.82, 2.24) is 9.62 Å². The molecule has 0 aromatic heterocycles. The number of carbonyl (C=O) groups excluding carboxylic acids is 2. The van der Waals surface area contributed by atoms with Gasteiger partial charge in [0.25, 0.3) is 5.91 Å². The first-order chi connectivity index (χ1) is 13.5. The maximum absolute atomic E-state index is 12.8. The first kappa shape index (κ1) is 23.3. The number of amides is 1. The van der Waals surface area contributed by atoms with Gasteiger partial charge < -0.3 is 14.4 Å². The first-order valence-corrected chi connectivity index (χ1v) is 11.2. The van der Waals surface area contributed by atoms with Crippen molar-refractivity contribution in [2.75, 3.05) is 26.3 Å². The molecular formula is C20H30N2O6S. The van der Waals surface area contributed by atoms with Crippen LogP contribution in [0.3, 0.4) is 0 Å². The van der Waals surface area contributed by atoms with Crippen LogP contribution >= 0.6 is 0 Å². The molecule has 1 saturated heterocycles. The molecule has 1 aromatic carbocycles. The Bertz CT molecular complexity index is 847. The predicted octanol–water partition coefficient (Wildman–Crippen LogP) is 1.40. The summed E-state index contributed by atoms with van der Waals surface area (Å²) in [4.78, 5) is 26.8. The van der Waals surface area contributed by atoms with E-state index in [2.05, 4.69) is 4.72 Å². The van der Waals surface area contributed by atoms with E-state index in [1.165, 1.54) is 13.0 Å². The van der Waals surface area contributed by atoms with Gasteiger partial charge in [0.15, 0.2) is 6.10 Å². The van der Waals surface area contributed by atoms with Crippen LogP contribution in [-0.4, -0.2) is 63.6 Å². The summed E-state index contributed by atoms with van der Waals surface area (Å²) in [6.45, 7) is 10.4. The van der Waals surface area contributed by atoms with Gasteiger partial charge in [0.05, 0.1) is 18.1 Å². The molecule has 29 heavy (non-hydrogen) atoms. The van der Waals surface area contributed by atoms with Crippen LogP contribution in [0, 0.1) is 19.8 Å². The minimum absolute atomic E-state index is 0.0801. The van der Waals surface area contributed by atoms with E-state index in [0.29, 0.717) is 26.3 Å². The molecule has 0 saturated carbocycles. The highest BCUT2D eigenvalue weighted by molar-refractivity contribution is 7.89. The lowest BCUT2D eigenvalue weighted by Gasteiger charge is -2.30. The van der Waals surface area contributed by atoms with E-state index < -0.39 is 28.1 Å². The summed E-state index contributed by atoms with van der Waals surface area (Å²) in [7, 11) is -3.93. The van der Waals surface area contributed by atoms with Crippen LogP contribution in [0.15, 0.2) is 23.1 Å². The Morgan fingerprint density at radius 2 is 1.72 bits per heavy atom. The monoisotopic (exact) mass is 426 g/mol. The van der Waals surface area contributed by atoms with Gasteiger partial charge in [0.2, 0.25) is 10.0 Å². The van der Waals surface area contributed by atoms with E-state index in [1.807, 2.05) is 13.8 Å². The maximum Gasteiger partial charge on any atom is 0.325 e. The number of rotatable bonds is 7. The third kappa shape index (κ3) is 6.01. The number of carbonyl (C=O) groups is 2. The summed E-state index contributed by atoms with van der Waals surface area (Å²) in [5.74, 6) is -1.46. The first-order valence-electron chi connectivity index (χ1n) is 9.69. The smallest absolute Gasteiger partial charge is 0.325 e. The Morgan fingerprint density at radius 3 is 2.28 bits per heavy atom. The Kier molecular flexibility index (Phi) is 7.79. The number of nitrogens with one attached hydrogen (secondary N) is 1. The molecule has 0 bridgehead atoms. The fourth-order valence-electron chi connectivity index (χ4n) is 2.91. The molecular weight excluding hydrogens is 396 g/mol. The number of hydrogen-bond donors (Lipinski definition) is 1. The molecule has 1 amide bonds. The van der Waals surface area contributed by atoms with Gasteiger partial charge in [0.1, 0.15) is 6.04 Å². The van der Waals surface area contributed by atoms with E-state index in [9.17, 15) is 18.0 Å². The van der Waals surface area contributed by atoms with Gasteiger partial charge in [0, 0.05) is 13.1 Å². The van der Waals surface area contributed by atoms with Crippen LogP contribution in [0.2, 0.25) is 0 Å². The topological polar surface area (TPSA) is 102 Å². The molecule has 9 heteroatoms. The van der Waals surface area contributed by atoms with Gasteiger partial charge in [-0.2, -0.15) is 4.72 Å². The number of benzene rings is 1. The number of nitrogens with zero attached hydrogens (tertiary/aromatic N) is 1. The number of morpholine rings is 1. The van der Waals surface area contributed by atoms with Crippen LogP contribution in [0.5, 0.6) is 0 Å². The Labute approximate surface area is 172 Å². The van der Waals surface area contributed by atoms with Crippen molar-refractivity contribution >= 4 is 21.9 Å². The fourth-order valence-corrected chi connectivity index (χ4v) is 4.33. The lowest BCUT2D eigenvalue weighted by Crippen LogP contribution is -2.49. The van der Waals surface area contributed by atoms with E-state index in [-0.39, 0.29) is 16.7 Å². The molecule has 8 nitrogen and oxygen atoms in total. The van der Waals surface area contributed by atoms with Crippen molar-refractivity contribution < 1.29 is 27.5 Å². The van der Waals surface area contributed by atoms with Crippen LogP contribution in [-0.2, 0) is 29.1 Å². The summed E-state index contributed by atoms with van der Waals surface area (Å²) >= 11 is 0. The Morgan fingerprint density at radius 1 is 1.10 bits per heavy atom. The van der Waals surface area contributed by atoms with Crippen molar-refractivity contribution in [3.8, 4) is 0 Å². The molecule has 1 aliphatic heterocycles. The largest absolute Gasteiger partial charge is 0.451 e. The van der Waals surface area contributed by atoms with Crippen LogP contribution in [0.4, 0.5) is 0 Å². The summed E-state index contributed by atoms with van der Waals surface area (Å²) in [5, 5.41) is 0. The molecule has 0 unspecified atom stereocenters. The zero-order chi connectivity index (χ0) is 21.8. The number of aryl methyl sites for hydroxylation is 2. The molecule has 0 spiro atoms. The SMILES string of the molecule is Cc1ccc(S(=O)(=O)N[C@H](C(=O)O[C@H](C)C(=O)N2CCOCC2)C(C)C)cc1C. The van der Waals surface area contributed by atoms with Crippen molar-refractivity contribution in [2.45, 2.75) is 51.7 Å². The van der Waals surface area contributed by atoms with E-state index >= 15 is 0 Å². The van der Waals surface area contributed by atoms with E-state index in [4.69, 9.17) is 9.47 Å². The number of esters is 1. The number of sulfonamides is 1. The molecule has 1 N–H and O–H groups in total. The molecule has 162 valence electrons.